The standard InChI is InChI=1S/C30H27BrN2O4/c1-21-13-15-22(16-14-21)20-37-28-18-26(31)23(17-27(28)36-2)19-32-33-29(34)30(35,24-9-5-3-6-10-24)25-11-7-4-8-12-25/h3-19,35H,20H2,1-2H3,(H,33,34)/b32-19-. The minimum atomic E-state index is -1.91. The first kappa shape index (κ1) is 26.1. The van der Waals surface area contributed by atoms with Gasteiger partial charge in [0.25, 0.3) is 5.91 Å². The molecule has 4 rings (SSSR count). The maximum atomic E-state index is 13.2. The summed E-state index contributed by atoms with van der Waals surface area (Å²) in [5.41, 5.74) is 4.33. The van der Waals surface area contributed by atoms with Crippen LogP contribution in [0.3, 0.4) is 0 Å². The van der Waals surface area contributed by atoms with E-state index in [0.29, 0.717) is 39.3 Å². The largest absolute Gasteiger partial charge is 0.493 e. The van der Waals surface area contributed by atoms with Gasteiger partial charge in [0.2, 0.25) is 0 Å². The SMILES string of the molecule is COc1cc(/C=N\NC(=O)C(O)(c2ccccc2)c2ccccc2)c(Br)cc1OCc1ccc(C)cc1. The average Bonchev–Trinajstić information content (AvgIpc) is 2.94. The van der Waals surface area contributed by atoms with Gasteiger partial charge in [-0.25, -0.2) is 5.43 Å². The van der Waals surface area contributed by atoms with Crippen LogP contribution in [0.5, 0.6) is 11.5 Å². The number of nitrogens with zero attached hydrogens (tertiary/aromatic N) is 1. The van der Waals surface area contributed by atoms with Crippen LogP contribution in [0.1, 0.15) is 27.8 Å². The lowest BCUT2D eigenvalue weighted by Gasteiger charge is -2.27. The first-order chi connectivity index (χ1) is 17.9. The van der Waals surface area contributed by atoms with Gasteiger partial charge in [0.15, 0.2) is 17.1 Å². The van der Waals surface area contributed by atoms with Crippen molar-refractivity contribution in [2.45, 2.75) is 19.1 Å². The number of rotatable bonds is 9. The molecule has 6 nitrogen and oxygen atoms in total. The minimum Gasteiger partial charge on any atom is -0.493 e. The van der Waals surface area contributed by atoms with Gasteiger partial charge in [0.05, 0.1) is 13.3 Å². The second-order valence-corrected chi connectivity index (χ2v) is 9.29. The second-order valence-electron chi connectivity index (χ2n) is 8.44. The Balaban J connectivity index is 1.52. The van der Waals surface area contributed by atoms with E-state index in [4.69, 9.17) is 9.47 Å². The highest BCUT2D eigenvalue weighted by molar-refractivity contribution is 9.10. The van der Waals surface area contributed by atoms with E-state index in [-0.39, 0.29) is 0 Å². The molecule has 0 spiro atoms. The van der Waals surface area contributed by atoms with Gasteiger partial charge in [0, 0.05) is 10.0 Å². The zero-order valence-electron chi connectivity index (χ0n) is 20.5. The van der Waals surface area contributed by atoms with E-state index in [1.165, 1.54) is 11.8 Å². The van der Waals surface area contributed by atoms with E-state index in [2.05, 4.69) is 26.5 Å². The topological polar surface area (TPSA) is 80.2 Å². The van der Waals surface area contributed by atoms with Gasteiger partial charge in [-0.3, -0.25) is 4.79 Å². The molecule has 0 bridgehead atoms. The highest BCUT2D eigenvalue weighted by Crippen LogP contribution is 2.34. The zero-order valence-corrected chi connectivity index (χ0v) is 22.1. The lowest BCUT2D eigenvalue weighted by atomic mass is 9.85. The monoisotopic (exact) mass is 558 g/mol. The molecule has 0 aromatic heterocycles. The van der Waals surface area contributed by atoms with Crippen LogP contribution in [0.15, 0.2) is 107 Å². The van der Waals surface area contributed by atoms with Gasteiger partial charge in [-0.2, -0.15) is 5.10 Å². The van der Waals surface area contributed by atoms with Crippen molar-refractivity contribution in [3.8, 4) is 11.5 Å². The third-order valence-electron chi connectivity index (χ3n) is 5.88. The predicted molar refractivity (Wildman–Crippen MR) is 148 cm³/mol. The maximum Gasteiger partial charge on any atom is 0.281 e. The van der Waals surface area contributed by atoms with Crippen molar-refractivity contribution in [2.24, 2.45) is 5.10 Å². The number of amides is 1. The average molecular weight is 559 g/mol. The van der Waals surface area contributed by atoms with Crippen LogP contribution >= 0.6 is 15.9 Å². The van der Waals surface area contributed by atoms with E-state index in [0.717, 1.165) is 5.56 Å². The van der Waals surface area contributed by atoms with Crippen LogP contribution in [0.25, 0.3) is 0 Å². The number of carbonyl (C=O) groups is 1. The molecule has 0 heterocycles. The van der Waals surface area contributed by atoms with Gasteiger partial charge in [0.1, 0.15) is 6.61 Å². The fraction of sp³-hybridized carbons (Fsp3) is 0.133. The molecule has 0 saturated carbocycles. The molecule has 0 fully saturated rings. The molecule has 2 N–H and O–H groups in total. The summed E-state index contributed by atoms with van der Waals surface area (Å²) in [5.74, 6) is 0.411. The summed E-state index contributed by atoms with van der Waals surface area (Å²) < 4.78 is 12.2. The molecule has 0 aliphatic heterocycles. The Kier molecular flexibility index (Phi) is 8.38. The highest BCUT2D eigenvalue weighted by atomic mass is 79.9. The van der Waals surface area contributed by atoms with Crippen molar-refractivity contribution in [2.75, 3.05) is 7.11 Å². The quantitative estimate of drug-likeness (QED) is 0.203. The summed E-state index contributed by atoms with van der Waals surface area (Å²) in [6.45, 7) is 2.43. The summed E-state index contributed by atoms with van der Waals surface area (Å²) in [6, 6.07) is 29.2. The number of nitrogens with one attached hydrogen (secondary N) is 1. The minimum absolute atomic E-state index is 0.393. The van der Waals surface area contributed by atoms with Crippen LogP contribution < -0.4 is 14.9 Å². The Morgan fingerprint density at radius 2 is 1.54 bits per heavy atom. The first-order valence-corrected chi connectivity index (χ1v) is 12.4. The van der Waals surface area contributed by atoms with Gasteiger partial charge < -0.3 is 14.6 Å². The predicted octanol–water partition coefficient (Wildman–Crippen LogP) is 5.73. The molecule has 0 saturated heterocycles. The van der Waals surface area contributed by atoms with Crippen molar-refractivity contribution >= 4 is 28.1 Å². The third-order valence-corrected chi connectivity index (χ3v) is 6.57. The lowest BCUT2D eigenvalue weighted by molar-refractivity contribution is -0.136. The fourth-order valence-electron chi connectivity index (χ4n) is 3.80. The van der Waals surface area contributed by atoms with Gasteiger partial charge >= 0.3 is 0 Å². The zero-order chi connectivity index (χ0) is 26.3. The molecule has 0 atom stereocenters. The number of aliphatic hydroxyl groups is 1. The molecular formula is C30H27BrN2O4. The Morgan fingerprint density at radius 1 is 0.946 bits per heavy atom. The number of halogens is 1. The summed E-state index contributed by atoms with van der Waals surface area (Å²) in [4.78, 5) is 13.2. The number of methoxy groups -OCH3 is 1. The molecule has 7 heteroatoms. The number of hydrazone groups is 1. The molecule has 0 radical (unpaired) electrons. The number of hydrogen-bond donors (Lipinski definition) is 2. The van der Waals surface area contributed by atoms with Crippen LogP contribution in [-0.4, -0.2) is 24.3 Å². The maximum absolute atomic E-state index is 13.2. The van der Waals surface area contributed by atoms with Crippen molar-refractivity contribution in [3.05, 3.63) is 129 Å². The van der Waals surface area contributed by atoms with E-state index in [9.17, 15) is 9.90 Å². The second kappa shape index (κ2) is 11.9. The molecule has 0 aliphatic rings. The van der Waals surface area contributed by atoms with E-state index in [1.807, 2.05) is 43.3 Å². The van der Waals surface area contributed by atoms with E-state index in [1.54, 1.807) is 67.8 Å². The van der Waals surface area contributed by atoms with Crippen LogP contribution in [0.4, 0.5) is 0 Å². The number of hydrogen-bond acceptors (Lipinski definition) is 5. The molecule has 4 aromatic rings. The van der Waals surface area contributed by atoms with Crippen molar-refractivity contribution in [1.82, 2.24) is 5.43 Å². The van der Waals surface area contributed by atoms with Gasteiger partial charge in [-0.15, -0.1) is 0 Å². The van der Waals surface area contributed by atoms with Gasteiger partial charge in [-0.1, -0.05) is 90.5 Å². The summed E-state index contributed by atoms with van der Waals surface area (Å²) >= 11 is 3.54. The molecule has 1 amide bonds. The van der Waals surface area contributed by atoms with E-state index < -0.39 is 11.5 Å². The van der Waals surface area contributed by atoms with E-state index >= 15 is 0 Å². The molecule has 0 aliphatic carbocycles. The fourth-order valence-corrected chi connectivity index (χ4v) is 4.22. The number of carbonyl (C=O) groups excluding carboxylic acids is 1. The Bertz CT molecular complexity index is 1330. The Hall–Kier alpha value is -3.94. The van der Waals surface area contributed by atoms with Crippen molar-refractivity contribution in [3.63, 3.8) is 0 Å². The first-order valence-electron chi connectivity index (χ1n) is 11.6. The Labute approximate surface area is 224 Å². The molecule has 4 aromatic carbocycles. The molecule has 37 heavy (non-hydrogen) atoms. The third kappa shape index (κ3) is 6.07. The number of aryl methyl sites for hydroxylation is 1. The van der Waals surface area contributed by atoms with Crippen molar-refractivity contribution in [1.29, 1.82) is 0 Å². The summed E-state index contributed by atoms with van der Waals surface area (Å²) in [6.07, 6.45) is 1.48. The number of benzene rings is 4. The highest BCUT2D eigenvalue weighted by Gasteiger charge is 2.39. The lowest BCUT2D eigenvalue weighted by Crippen LogP contribution is -2.43. The summed E-state index contributed by atoms with van der Waals surface area (Å²) in [5, 5.41) is 15.6. The van der Waals surface area contributed by atoms with Crippen LogP contribution in [-0.2, 0) is 17.0 Å². The Morgan fingerprint density at radius 3 is 2.11 bits per heavy atom. The smallest absolute Gasteiger partial charge is 0.281 e. The van der Waals surface area contributed by atoms with Crippen LogP contribution in [0.2, 0.25) is 0 Å². The number of ether oxygens (including phenoxy) is 2. The molecular weight excluding hydrogens is 532 g/mol. The molecule has 0 unspecified atom stereocenters. The van der Waals surface area contributed by atoms with Crippen LogP contribution in [0, 0.1) is 6.92 Å². The summed E-state index contributed by atoms with van der Waals surface area (Å²) in [7, 11) is 1.56. The molecule has 188 valence electrons. The van der Waals surface area contributed by atoms with Gasteiger partial charge in [-0.05, 0) is 51.7 Å². The normalized spacial score (nSPS) is 11.4. The van der Waals surface area contributed by atoms with Crippen molar-refractivity contribution < 1.29 is 19.4 Å².